The molecule has 0 unspecified atom stereocenters. The van der Waals surface area contributed by atoms with Gasteiger partial charge in [0.05, 0.1) is 5.02 Å². The summed E-state index contributed by atoms with van der Waals surface area (Å²) >= 11 is 9.24. The molecule has 2 nitrogen and oxygen atoms in total. The maximum absolute atomic E-state index is 9.70. The van der Waals surface area contributed by atoms with E-state index < -0.39 is 0 Å². The van der Waals surface area contributed by atoms with Crippen molar-refractivity contribution in [3.05, 3.63) is 57.5 Å². The molecule has 17 heavy (non-hydrogen) atoms. The van der Waals surface area contributed by atoms with Crippen LogP contribution in [0.25, 0.3) is 0 Å². The zero-order chi connectivity index (χ0) is 12.3. The lowest BCUT2D eigenvalue weighted by atomic mass is 10.2. The Labute approximate surface area is 113 Å². The molecule has 0 aliphatic carbocycles. The third kappa shape index (κ3) is 3.14. The first-order valence-corrected chi connectivity index (χ1v) is 6.18. The number of benzene rings is 2. The maximum atomic E-state index is 9.70. The SMILES string of the molecule is Oc1cc(Br)ccc1COc1ccccc1Cl. The molecule has 0 aliphatic heterocycles. The molecule has 0 aliphatic rings. The van der Waals surface area contributed by atoms with E-state index in [-0.39, 0.29) is 12.4 Å². The summed E-state index contributed by atoms with van der Waals surface area (Å²) in [5.74, 6) is 0.808. The second-order valence-electron chi connectivity index (χ2n) is 3.49. The van der Waals surface area contributed by atoms with Gasteiger partial charge in [-0.2, -0.15) is 0 Å². The number of halogens is 2. The minimum absolute atomic E-state index is 0.200. The first kappa shape index (κ1) is 12.3. The van der Waals surface area contributed by atoms with Crippen molar-refractivity contribution in [3.63, 3.8) is 0 Å². The largest absolute Gasteiger partial charge is 0.507 e. The quantitative estimate of drug-likeness (QED) is 0.911. The van der Waals surface area contributed by atoms with Crippen LogP contribution < -0.4 is 4.74 Å². The van der Waals surface area contributed by atoms with Gasteiger partial charge in [-0.1, -0.05) is 45.7 Å². The number of para-hydroxylation sites is 1. The van der Waals surface area contributed by atoms with Gasteiger partial charge in [-0.05, 0) is 24.3 Å². The van der Waals surface area contributed by atoms with Crippen molar-refractivity contribution < 1.29 is 9.84 Å². The van der Waals surface area contributed by atoms with E-state index in [0.717, 1.165) is 4.47 Å². The van der Waals surface area contributed by atoms with Crippen LogP contribution in [0.15, 0.2) is 46.9 Å². The fourth-order valence-corrected chi connectivity index (χ4v) is 1.92. The highest BCUT2D eigenvalue weighted by Gasteiger charge is 2.04. The summed E-state index contributed by atoms with van der Waals surface area (Å²) in [4.78, 5) is 0. The summed E-state index contributed by atoms with van der Waals surface area (Å²) < 4.78 is 6.37. The summed E-state index contributed by atoms with van der Waals surface area (Å²) in [7, 11) is 0. The Morgan fingerprint density at radius 3 is 2.65 bits per heavy atom. The molecular weight excluding hydrogens is 303 g/mol. The third-order valence-electron chi connectivity index (χ3n) is 2.27. The molecule has 2 aromatic rings. The van der Waals surface area contributed by atoms with Crippen molar-refractivity contribution >= 4 is 27.5 Å². The summed E-state index contributed by atoms with van der Waals surface area (Å²) in [5.41, 5.74) is 0.716. The van der Waals surface area contributed by atoms with Crippen LogP contribution in [0.5, 0.6) is 11.5 Å². The highest BCUT2D eigenvalue weighted by molar-refractivity contribution is 9.10. The van der Waals surface area contributed by atoms with Crippen LogP contribution in [0, 0.1) is 0 Å². The van der Waals surface area contributed by atoms with E-state index in [1.165, 1.54) is 0 Å². The minimum atomic E-state index is 0.200. The standard InChI is InChI=1S/C13H10BrClO2/c14-10-6-5-9(12(16)7-10)8-17-13-4-2-1-3-11(13)15/h1-7,16H,8H2. The van der Waals surface area contributed by atoms with Gasteiger partial charge in [0.1, 0.15) is 18.1 Å². The summed E-state index contributed by atoms with van der Waals surface area (Å²) in [6, 6.07) is 12.5. The van der Waals surface area contributed by atoms with E-state index in [9.17, 15) is 5.11 Å². The molecule has 0 saturated heterocycles. The molecule has 0 saturated carbocycles. The van der Waals surface area contributed by atoms with Crippen molar-refractivity contribution in [1.82, 2.24) is 0 Å². The van der Waals surface area contributed by atoms with Crippen molar-refractivity contribution in [2.45, 2.75) is 6.61 Å². The van der Waals surface area contributed by atoms with Crippen LogP contribution in [0.4, 0.5) is 0 Å². The number of phenols is 1. The normalized spacial score (nSPS) is 10.2. The van der Waals surface area contributed by atoms with E-state index in [4.69, 9.17) is 16.3 Å². The van der Waals surface area contributed by atoms with Gasteiger partial charge >= 0.3 is 0 Å². The molecule has 0 spiro atoms. The highest BCUT2D eigenvalue weighted by atomic mass is 79.9. The Kier molecular flexibility index (Phi) is 3.92. The Morgan fingerprint density at radius 2 is 1.94 bits per heavy atom. The number of aromatic hydroxyl groups is 1. The van der Waals surface area contributed by atoms with Crippen LogP contribution in [-0.2, 0) is 6.61 Å². The Balaban J connectivity index is 2.10. The highest BCUT2D eigenvalue weighted by Crippen LogP contribution is 2.27. The molecule has 0 bridgehead atoms. The van der Waals surface area contributed by atoms with E-state index in [1.54, 1.807) is 24.3 Å². The molecule has 1 N–H and O–H groups in total. The van der Waals surface area contributed by atoms with Gasteiger partial charge < -0.3 is 9.84 Å². The van der Waals surface area contributed by atoms with E-state index >= 15 is 0 Å². The Morgan fingerprint density at radius 1 is 1.18 bits per heavy atom. The van der Waals surface area contributed by atoms with Gasteiger partial charge in [-0.15, -0.1) is 0 Å². The van der Waals surface area contributed by atoms with Gasteiger partial charge in [0.15, 0.2) is 0 Å². The Hall–Kier alpha value is -1.19. The smallest absolute Gasteiger partial charge is 0.138 e. The first-order valence-electron chi connectivity index (χ1n) is 5.01. The summed E-state index contributed by atoms with van der Waals surface area (Å²) in [5, 5.41) is 10.3. The molecule has 2 aromatic carbocycles. The topological polar surface area (TPSA) is 29.5 Å². The number of rotatable bonds is 3. The van der Waals surface area contributed by atoms with Crippen LogP contribution in [0.2, 0.25) is 5.02 Å². The lowest BCUT2D eigenvalue weighted by Gasteiger charge is -2.09. The minimum Gasteiger partial charge on any atom is -0.507 e. The molecule has 0 amide bonds. The molecule has 4 heteroatoms. The van der Waals surface area contributed by atoms with Gasteiger partial charge in [-0.3, -0.25) is 0 Å². The lowest BCUT2D eigenvalue weighted by Crippen LogP contribution is -1.96. The molecule has 0 fully saturated rings. The van der Waals surface area contributed by atoms with Crippen molar-refractivity contribution in [3.8, 4) is 11.5 Å². The number of phenolic OH excluding ortho intramolecular Hbond substituents is 1. The summed E-state index contributed by atoms with van der Waals surface area (Å²) in [6.07, 6.45) is 0. The number of hydrogen-bond acceptors (Lipinski definition) is 2. The molecule has 88 valence electrons. The number of ether oxygens (including phenoxy) is 1. The van der Waals surface area contributed by atoms with Gasteiger partial charge in [0.2, 0.25) is 0 Å². The molecule has 0 radical (unpaired) electrons. The van der Waals surface area contributed by atoms with E-state index in [2.05, 4.69) is 15.9 Å². The lowest BCUT2D eigenvalue weighted by molar-refractivity contribution is 0.299. The van der Waals surface area contributed by atoms with Gasteiger partial charge in [0.25, 0.3) is 0 Å². The predicted molar refractivity (Wildman–Crippen MR) is 71.6 cm³/mol. The van der Waals surface area contributed by atoms with Crippen molar-refractivity contribution in [2.24, 2.45) is 0 Å². The monoisotopic (exact) mass is 312 g/mol. The number of hydrogen-bond donors (Lipinski definition) is 1. The van der Waals surface area contributed by atoms with Crippen molar-refractivity contribution in [1.29, 1.82) is 0 Å². The van der Waals surface area contributed by atoms with Crippen LogP contribution >= 0.6 is 27.5 Å². The maximum Gasteiger partial charge on any atom is 0.138 e. The first-order chi connectivity index (χ1) is 8.16. The fourth-order valence-electron chi connectivity index (χ4n) is 1.38. The second kappa shape index (κ2) is 5.43. The van der Waals surface area contributed by atoms with Crippen LogP contribution in [0.3, 0.4) is 0 Å². The van der Waals surface area contributed by atoms with Crippen LogP contribution in [0.1, 0.15) is 5.56 Å². The average Bonchev–Trinajstić information content (AvgIpc) is 2.30. The average molecular weight is 314 g/mol. The Bertz CT molecular complexity index is 529. The van der Waals surface area contributed by atoms with E-state index in [0.29, 0.717) is 16.3 Å². The van der Waals surface area contributed by atoms with E-state index in [1.807, 2.05) is 18.2 Å². The van der Waals surface area contributed by atoms with Gasteiger partial charge in [0, 0.05) is 10.0 Å². The predicted octanol–water partition coefficient (Wildman–Crippen LogP) is 4.39. The molecule has 0 aromatic heterocycles. The molecular formula is C13H10BrClO2. The zero-order valence-corrected chi connectivity index (χ0v) is 11.2. The summed E-state index contributed by atoms with van der Waals surface area (Å²) in [6.45, 7) is 0.281. The molecule has 2 rings (SSSR count). The van der Waals surface area contributed by atoms with Crippen molar-refractivity contribution in [2.75, 3.05) is 0 Å². The zero-order valence-electron chi connectivity index (χ0n) is 8.86. The molecule has 0 heterocycles. The second-order valence-corrected chi connectivity index (χ2v) is 4.82. The van der Waals surface area contributed by atoms with Gasteiger partial charge in [-0.25, -0.2) is 0 Å². The fraction of sp³-hybridized carbons (Fsp3) is 0.0769. The third-order valence-corrected chi connectivity index (χ3v) is 3.07. The van der Waals surface area contributed by atoms with Crippen LogP contribution in [-0.4, -0.2) is 5.11 Å². The molecule has 0 atom stereocenters.